The molecule has 0 aromatic carbocycles. The van der Waals surface area contributed by atoms with Crippen molar-refractivity contribution < 1.29 is 9.22 Å². The van der Waals surface area contributed by atoms with Gasteiger partial charge in [0.05, 0.1) is 6.10 Å². The number of ketones is 1. The van der Waals surface area contributed by atoms with E-state index in [0.717, 1.165) is 31.1 Å². The van der Waals surface area contributed by atoms with Gasteiger partial charge in [0.1, 0.15) is 5.78 Å². The standard InChI is InChI=1S/C28H46O2Si/c1-9-10-19-17-20-18-21(29)13-15-27(20,5)23-14-16-28(6)22(25(19)23)11-12-24(28)30-31(7,8)26(2,3)4/h9,17,19,22-25H,1,10-16,18H2,2-8H3/t19-,22?,23?,24+,25?,27+,28+/m1/s1. The van der Waals surface area contributed by atoms with E-state index in [1.165, 1.54) is 31.3 Å². The van der Waals surface area contributed by atoms with Gasteiger partial charge >= 0.3 is 0 Å². The average molecular weight is 443 g/mol. The van der Waals surface area contributed by atoms with Gasteiger partial charge in [-0.2, -0.15) is 0 Å². The van der Waals surface area contributed by atoms with Crippen LogP contribution in [0.4, 0.5) is 0 Å². The molecule has 2 nitrogen and oxygen atoms in total. The average Bonchev–Trinajstić information content (AvgIpc) is 2.98. The van der Waals surface area contributed by atoms with Gasteiger partial charge < -0.3 is 4.43 Å². The lowest BCUT2D eigenvalue weighted by atomic mass is 9.45. The molecule has 0 aromatic heterocycles. The molecule has 4 aliphatic carbocycles. The molecule has 0 N–H and O–H groups in total. The van der Waals surface area contributed by atoms with E-state index >= 15 is 0 Å². The molecule has 4 rings (SSSR count). The van der Waals surface area contributed by atoms with Gasteiger partial charge in [-0.05, 0) is 91.2 Å². The van der Waals surface area contributed by atoms with E-state index in [1.807, 2.05) is 0 Å². The summed E-state index contributed by atoms with van der Waals surface area (Å²) in [5.74, 6) is 3.16. The van der Waals surface area contributed by atoms with Crippen LogP contribution in [0, 0.1) is 34.5 Å². The predicted octanol–water partition coefficient (Wildman–Crippen LogP) is 7.71. The van der Waals surface area contributed by atoms with Crippen LogP contribution in [0.2, 0.25) is 18.1 Å². The van der Waals surface area contributed by atoms with Crippen molar-refractivity contribution in [2.24, 2.45) is 34.5 Å². The smallest absolute Gasteiger partial charge is 0.192 e. The zero-order valence-corrected chi connectivity index (χ0v) is 22.2. The summed E-state index contributed by atoms with van der Waals surface area (Å²) in [6, 6.07) is 0. The second-order valence-corrected chi connectivity index (χ2v) is 18.0. The molecule has 0 heterocycles. The molecule has 0 amide bonds. The van der Waals surface area contributed by atoms with Gasteiger partial charge in [0, 0.05) is 12.8 Å². The molecule has 3 saturated carbocycles. The number of rotatable bonds is 4. The Labute approximate surface area is 192 Å². The number of hydrogen-bond acceptors (Lipinski definition) is 2. The Morgan fingerprint density at radius 1 is 1.16 bits per heavy atom. The van der Waals surface area contributed by atoms with Gasteiger partial charge in [0.2, 0.25) is 0 Å². The summed E-state index contributed by atoms with van der Waals surface area (Å²) in [5, 5.41) is 0.259. The highest BCUT2D eigenvalue weighted by Crippen LogP contribution is 2.67. The molecule has 0 spiro atoms. The van der Waals surface area contributed by atoms with Crippen LogP contribution in [0.15, 0.2) is 24.3 Å². The van der Waals surface area contributed by atoms with Gasteiger partial charge in [0.15, 0.2) is 8.32 Å². The summed E-state index contributed by atoms with van der Waals surface area (Å²) in [7, 11) is -1.79. The summed E-state index contributed by atoms with van der Waals surface area (Å²) < 4.78 is 7.12. The summed E-state index contributed by atoms with van der Waals surface area (Å²) in [5.41, 5.74) is 1.99. The van der Waals surface area contributed by atoms with Gasteiger partial charge in [-0.25, -0.2) is 0 Å². The predicted molar refractivity (Wildman–Crippen MR) is 132 cm³/mol. The summed E-state index contributed by atoms with van der Waals surface area (Å²) in [6.07, 6.45) is 13.8. The van der Waals surface area contributed by atoms with Crippen LogP contribution in [-0.2, 0) is 9.22 Å². The van der Waals surface area contributed by atoms with E-state index in [-0.39, 0.29) is 10.5 Å². The second-order valence-electron chi connectivity index (χ2n) is 13.3. The van der Waals surface area contributed by atoms with E-state index in [0.29, 0.717) is 35.6 Å². The van der Waals surface area contributed by atoms with Gasteiger partial charge in [-0.1, -0.05) is 52.3 Å². The van der Waals surface area contributed by atoms with Crippen molar-refractivity contribution in [2.75, 3.05) is 0 Å². The van der Waals surface area contributed by atoms with Gasteiger partial charge in [0.25, 0.3) is 0 Å². The Kier molecular flexibility index (Phi) is 5.82. The normalized spacial score (nSPS) is 43.0. The Morgan fingerprint density at radius 3 is 2.52 bits per heavy atom. The maximum atomic E-state index is 12.3. The highest BCUT2D eigenvalue weighted by molar-refractivity contribution is 6.74. The third kappa shape index (κ3) is 3.66. The minimum absolute atomic E-state index is 0.232. The van der Waals surface area contributed by atoms with Crippen LogP contribution in [-0.4, -0.2) is 20.2 Å². The highest BCUT2D eigenvalue weighted by atomic mass is 28.4. The first kappa shape index (κ1) is 23.5. The molecule has 0 aromatic rings. The highest BCUT2D eigenvalue weighted by Gasteiger charge is 2.61. The van der Waals surface area contributed by atoms with E-state index in [4.69, 9.17) is 4.43 Å². The Balaban J connectivity index is 1.67. The third-order valence-corrected chi connectivity index (χ3v) is 15.2. The molecule has 0 aliphatic heterocycles. The lowest BCUT2D eigenvalue weighted by Gasteiger charge is -2.59. The van der Waals surface area contributed by atoms with Crippen LogP contribution in [0.25, 0.3) is 0 Å². The van der Waals surface area contributed by atoms with Crippen molar-refractivity contribution in [2.45, 2.75) is 110 Å². The van der Waals surface area contributed by atoms with Crippen molar-refractivity contribution in [3.8, 4) is 0 Å². The van der Waals surface area contributed by atoms with E-state index in [2.05, 4.69) is 66.4 Å². The second kappa shape index (κ2) is 7.69. The molecule has 0 bridgehead atoms. The number of hydrogen-bond donors (Lipinski definition) is 0. The first-order valence-electron chi connectivity index (χ1n) is 12.8. The molecule has 3 heteroatoms. The van der Waals surface area contributed by atoms with Gasteiger partial charge in [-0.15, -0.1) is 6.58 Å². The molecule has 3 unspecified atom stereocenters. The van der Waals surface area contributed by atoms with Gasteiger partial charge in [-0.3, -0.25) is 4.79 Å². The minimum atomic E-state index is -1.79. The van der Waals surface area contributed by atoms with E-state index in [1.54, 1.807) is 0 Å². The zero-order chi connectivity index (χ0) is 22.8. The van der Waals surface area contributed by atoms with Crippen LogP contribution in [0.5, 0.6) is 0 Å². The number of Topliss-reactive ketones (excluding diaryl/α,β-unsaturated/α-hetero) is 1. The Hall–Kier alpha value is -0.673. The summed E-state index contributed by atoms with van der Waals surface area (Å²) in [4.78, 5) is 12.3. The molecular formula is C28H46O2Si. The molecule has 7 atom stereocenters. The summed E-state index contributed by atoms with van der Waals surface area (Å²) in [6.45, 7) is 21.1. The van der Waals surface area contributed by atoms with Crippen LogP contribution in [0.3, 0.4) is 0 Å². The molecule has 0 saturated heterocycles. The maximum Gasteiger partial charge on any atom is 0.192 e. The van der Waals surface area contributed by atoms with Crippen molar-refractivity contribution in [3.63, 3.8) is 0 Å². The molecule has 3 fully saturated rings. The maximum absolute atomic E-state index is 12.3. The zero-order valence-electron chi connectivity index (χ0n) is 21.2. The molecular weight excluding hydrogens is 396 g/mol. The fourth-order valence-corrected chi connectivity index (χ4v) is 9.19. The van der Waals surface area contributed by atoms with Crippen LogP contribution in [0.1, 0.15) is 86.0 Å². The quantitative estimate of drug-likeness (QED) is 0.329. The first-order chi connectivity index (χ1) is 14.3. The van der Waals surface area contributed by atoms with E-state index < -0.39 is 8.32 Å². The number of carbonyl (C=O) groups is 1. The minimum Gasteiger partial charge on any atom is -0.413 e. The fraction of sp³-hybridized carbons (Fsp3) is 0.821. The van der Waals surface area contributed by atoms with Crippen molar-refractivity contribution in [3.05, 3.63) is 24.3 Å². The Bertz CT molecular complexity index is 774. The van der Waals surface area contributed by atoms with E-state index in [9.17, 15) is 4.79 Å². The molecule has 174 valence electrons. The summed E-state index contributed by atoms with van der Waals surface area (Å²) >= 11 is 0. The van der Waals surface area contributed by atoms with Crippen molar-refractivity contribution in [1.29, 1.82) is 0 Å². The molecule has 0 radical (unpaired) electrons. The fourth-order valence-electron chi connectivity index (χ4n) is 7.74. The number of allylic oxidation sites excluding steroid dienone is 3. The topological polar surface area (TPSA) is 26.3 Å². The van der Waals surface area contributed by atoms with Crippen molar-refractivity contribution in [1.82, 2.24) is 0 Å². The van der Waals surface area contributed by atoms with Crippen molar-refractivity contribution >= 4 is 14.1 Å². The molecule has 31 heavy (non-hydrogen) atoms. The lowest BCUT2D eigenvalue weighted by Crippen LogP contribution is -2.55. The Morgan fingerprint density at radius 2 is 1.87 bits per heavy atom. The van der Waals surface area contributed by atoms with Crippen LogP contribution >= 0.6 is 0 Å². The lowest BCUT2D eigenvalue weighted by molar-refractivity contribution is -0.123. The monoisotopic (exact) mass is 442 g/mol. The number of carbonyl (C=O) groups excluding carboxylic acids is 1. The third-order valence-electron chi connectivity index (χ3n) is 10.7. The number of fused-ring (bicyclic) bond motifs is 5. The first-order valence-corrected chi connectivity index (χ1v) is 15.8. The largest absolute Gasteiger partial charge is 0.413 e. The SMILES string of the molecule is C=CC[C@@H]1C=C2CC(=O)CC[C@]2(C)C2CC[C@@]3(C)C(CC[C@@H]3O[Si](C)(C)C(C)(C)C)C21. The molecule has 4 aliphatic rings. The van der Waals surface area contributed by atoms with Crippen LogP contribution < -0.4 is 0 Å².